The molecule has 0 aromatic carbocycles. The fourth-order valence-corrected chi connectivity index (χ4v) is 1.13. The van der Waals surface area contributed by atoms with Gasteiger partial charge in [0.05, 0.1) is 11.9 Å². The summed E-state index contributed by atoms with van der Waals surface area (Å²) in [7, 11) is 2.02. The Bertz CT molecular complexity index is 298. The molecule has 0 spiro atoms. The topological polar surface area (TPSA) is 41.1 Å². The highest BCUT2D eigenvalue weighted by atomic mass is 15.2. The van der Waals surface area contributed by atoms with E-state index in [9.17, 15) is 0 Å². The first-order valence-corrected chi connectivity index (χ1v) is 5.39. The van der Waals surface area contributed by atoms with Crippen LogP contribution in [0.25, 0.3) is 0 Å². The molecule has 1 aromatic heterocycles. The van der Waals surface area contributed by atoms with Crippen LogP contribution in [0.2, 0.25) is 0 Å². The maximum Gasteiger partial charge on any atom is 0.147 e. The molecule has 1 aromatic rings. The predicted octanol–water partition coefficient (Wildman–Crippen LogP) is 1.43. The summed E-state index contributed by atoms with van der Waals surface area (Å²) in [5, 5.41) is 3.32. The molecule has 1 rings (SSSR count). The SMILES string of the molecule is CCN(C)c1cncc(CNC(C)C)n1. The molecule has 1 N–H and O–H groups in total. The molecule has 15 heavy (non-hydrogen) atoms. The quantitative estimate of drug-likeness (QED) is 0.794. The Balaban J connectivity index is 2.65. The fourth-order valence-electron chi connectivity index (χ4n) is 1.13. The van der Waals surface area contributed by atoms with E-state index in [2.05, 4.69) is 41.0 Å². The van der Waals surface area contributed by atoms with Crippen molar-refractivity contribution in [1.82, 2.24) is 15.3 Å². The minimum atomic E-state index is 0.472. The highest BCUT2D eigenvalue weighted by molar-refractivity contribution is 5.34. The minimum absolute atomic E-state index is 0.472. The summed E-state index contributed by atoms with van der Waals surface area (Å²) < 4.78 is 0. The lowest BCUT2D eigenvalue weighted by molar-refractivity contribution is 0.580. The van der Waals surface area contributed by atoms with Gasteiger partial charge in [0.25, 0.3) is 0 Å². The molecule has 0 saturated heterocycles. The zero-order chi connectivity index (χ0) is 11.3. The van der Waals surface area contributed by atoms with Crippen LogP contribution in [0.4, 0.5) is 5.82 Å². The van der Waals surface area contributed by atoms with E-state index in [1.165, 1.54) is 0 Å². The lowest BCUT2D eigenvalue weighted by atomic mass is 10.3. The predicted molar refractivity (Wildman–Crippen MR) is 63.0 cm³/mol. The zero-order valence-corrected chi connectivity index (χ0v) is 9.99. The average molecular weight is 208 g/mol. The molecule has 0 unspecified atom stereocenters. The Morgan fingerprint density at radius 1 is 1.40 bits per heavy atom. The Morgan fingerprint density at radius 3 is 2.73 bits per heavy atom. The zero-order valence-electron chi connectivity index (χ0n) is 9.99. The van der Waals surface area contributed by atoms with Crippen molar-refractivity contribution in [3.8, 4) is 0 Å². The standard InChI is InChI=1S/C11H20N4/c1-5-15(4)11-8-12-6-10(14-11)7-13-9(2)3/h6,8-9,13H,5,7H2,1-4H3. The lowest BCUT2D eigenvalue weighted by Crippen LogP contribution is -2.23. The summed E-state index contributed by atoms with van der Waals surface area (Å²) in [5.74, 6) is 0.931. The van der Waals surface area contributed by atoms with Crippen LogP contribution in [0.15, 0.2) is 12.4 Å². The number of hydrogen-bond donors (Lipinski definition) is 1. The summed E-state index contributed by atoms with van der Waals surface area (Å²) >= 11 is 0. The Kier molecular flexibility index (Phi) is 4.49. The van der Waals surface area contributed by atoms with E-state index in [1.54, 1.807) is 6.20 Å². The van der Waals surface area contributed by atoms with Crippen LogP contribution in [-0.4, -0.2) is 29.6 Å². The molecule has 0 aliphatic heterocycles. The molecule has 0 fully saturated rings. The summed E-state index contributed by atoms with van der Waals surface area (Å²) in [5.41, 5.74) is 0.988. The van der Waals surface area contributed by atoms with E-state index in [-0.39, 0.29) is 0 Å². The smallest absolute Gasteiger partial charge is 0.147 e. The van der Waals surface area contributed by atoms with Crippen LogP contribution in [0.5, 0.6) is 0 Å². The third-order valence-electron chi connectivity index (χ3n) is 2.23. The summed E-state index contributed by atoms with van der Waals surface area (Å²) in [6.07, 6.45) is 3.60. The van der Waals surface area contributed by atoms with Crippen molar-refractivity contribution in [1.29, 1.82) is 0 Å². The molecule has 84 valence electrons. The molecule has 0 amide bonds. The van der Waals surface area contributed by atoms with Crippen LogP contribution in [-0.2, 0) is 6.54 Å². The highest BCUT2D eigenvalue weighted by Crippen LogP contribution is 2.06. The molecule has 4 heteroatoms. The van der Waals surface area contributed by atoms with Gasteiger partial charge in [-0.2, -0.15) is 0 Å². The second-order valence-electron chi connectivity index (χ2n) is 3.92. The van der Waals surface area contributed by atoms with Crippen molar-refractivity contribution >= 4 is 5.82 Å². The van der Waals surface area contributed by atoms with Gasteiger partial charge in [0.2, 0.25) is 0 Å². The van der Waals surface area contributed by atoms with E-state index >= 15 is 0 Å². The largest absolute Gasteiger partial charge is 0.359 e. The molecule has 4 nitrogen and oxygen atoms in total. The van der Waals surface area contributed by atoms with Gasteiger partial charge in [-0.25, -0.2) is 4.98 Å². The maximum atomic E-state index is 4.52. The molecule has 0 saturated carbocycles. The van der Waals surface area contributed by atoms with Crippen LogP contribution in [0.3, 0.4) is 0 Å². The average Bonchev–Trinajstić information content (AvgIpc) is 2.25. The van der Waals surface area contributed by atoms with Crippen LogP contribution in [0.1, 0.15) is 26.5 Å². The molecular weight excluding hydrogens is 188 g/mol. The van der Waals surface area contributed by atoms with Crippen molar-refractivity contribution in [2.75, 3.05) is 18.5 Å². The normalized spacial score (nSPS) is 10.7. The van der Waals surface area contributed by atoms with Gasteiger partial charge < -0.3 is 10.2 Å². The molecule has 0 aliphatic rings. The third kappa shape index (κ3) is 3.83. The second-order valence-corrected chi connectivity index (χ2v) is 3.92. The molecule has 1 heterocycles. The van der Waals surface area contributed by atoms with Gasteiger partial charge in [-0.05, 0) is 6.92 Å². The van der Waals surface area contributed by atoms with Gasteiger partial charge in [0.1, 0.15) is 5.82 Å². The van der Waals surface area contributed by atoms with E-state index in [1.807, 2.05) is 13.2 Å². The first-order valence-electron chi connectivity index (χ1n) is 5.39. The van der Waals surface area contributed by atoms with Crippen molar-refractivity contribution in [2.24, 2.45) is 0 Å². The van der Waals surface area contributed by atoms with Crippen molar-refractivity contribution in [3.63, 3.8) is 0 Å². The number of hydrogen-bond acceptors (Lipinski definition) is 4. The van der Waals surface area contributed by atoms with Crippen LogP contribution >= 0.6 is 0 Å². The molecular formula is C11H20N4. The van der Waals surface area contributed by atoms with E-state index in [0.29, 0.717) is 6.04 Å². The van der Waals surface area contributed by atoms with Crippen molar-refractivity contribution in [3.05, 3.63) is 18.1 Å². The van der Waals surface area contributed by atoms with Gasteiger partial charge >= 0.3 is 0 Å². The Hall–Kier alpha value is -1.16. The highest BCUT2D eigenvalue weighted by Gasteiger charge is 2.02. The van der Waals surface area contributed by atoms with Crippen LogP contribution in [0, 0.1) is 0 Å². The lowest BCUT2D eigenvalue weighted by Gasteiger charge is -2.16. The molecule has 0 radical (unpaired) electrons. The Morgan fingerprint density at radius 2 is 2.13 bits per heavy atom. The molecule has 0 bridgehead atoms. The second kappa shape index (κ2) is 5.66. The molecule has 0 aliphatic carbocycles. The minimum Gasteiger partial charge on any atom is -0.359 e. The first-order chi connectivity index (χ1) is 7.13. The maximum absolute atomic E-state index is 4.52. The number of aromatic nitrogens is 2. The fraction of sp³-hybridized carbons (Fsp3) is 0.636. The van der Waals surface area contributed by atoms with E-state index in [0.717, 1.165) is 24.6 Å². The van der Waals surface area contributed by atoms with Gasteiger partial charge in [0.15, 0.2) is 0 Å². The first kappa shape index (κ1) is 11.9. The summed E-state index contributed by atoms with van der Waals surface area (Å²) in [4.78, 5) is 10.8. The monoisotopic (exact) mass is 208 g/mol. The number of rotatable bonds is 5. The Labute approximate surface area is 91.7 Å². The van der Waals surface area contributed by atoms with Gasteiger partial charge in [-0.1, -0.05) is 13.8 Å². The summed E-state index contributed by atoms with van der Waals surface area (Å²) in [6, 6.07) is 0.472. The van der Waals surface area contributed by atoms with Gasteiger partial charge in [-0.3, -0.25) is 4.98 Å². The molecule has 0 atom stereocenters. The number of anilines is 1. The number of nitrogens with zero attached hydrogens (tertiary/aromatic N) is 3. The van der Waals surface area contributed by atoms with Gasteiger partial charge in [-0.15, -0.1) is 0 Å². The van der Waals surface area contributed by atoms with Crippen molar-refractivity contribution in [2.45, 2.75) is 33.4 Å². The van der Waals surface area contributed by atoms with E-state index < -0.39 is 0 Å². The summed E-state index contributed by atoms with van der Waals surface area (Å²) in [6.45, 7) is 8.05. The van der Waals surface area contributed by atoms with Crippen LogP contribution < -0.4 is 10.2 Å². The number of nitrogens with one attached hydrogen (secondary N) is 1. The van der Waals surface area contributed by atoms with E-state index in [4.69, 9.17) is 0 Å². The third-order valence-corrected chi connectivity index (χ3v) is 2.23. The van der Waals surface area contributed by atoms with Crippen molar-refractivity contribution < 1.29 is 0 Å². The van der Waals surface area contributed by atoms with Gasteiger partial charge in [0, 0.05) is 32.4 Å².